The Morgan fingerprint density at radius 1 is 0.897 bits per heavy atom. The van der Waals surface area contributed by atoms with Crippen molar-refractivity contribution in [3.63, 3.8) is 0 Å². The molecule has 0 saturated carbocycles. The second kappa shape index (κ2) is 10.2. The third-order valence-electron chi connectivity index (χ3n) is 4.38. The maximum absolute atomic E-state index is 12.3. The van der Waals surface area contributed by atoms with E-state index in [1.54, 1.807) is 12.1 Å². The van der Waals surface area contributed by atoms with Crippen LogP contribution in [0, 0.1) is 0 Å². The van der Waals surface area contributed by atoms with Crippen LogP contribution >= 0.6 is 0 Å². The molecule has 2 rings (SSSR count). The summed E-state index contributed by atoms with van der Waals surface area (Å²) >= 11 is 0. The molecule has 0 spiro atoms. The molecule has 29 heavy (non-hydrogen) atoms. The van der Waals surface area contributed by atoms with E-state index < -0.39 is 35.9 Å². The summed E-state index contributed by atoms with van der Waals surface area (Å²) in [5, 5.41) is 23.6. The van der Waals surface area contributed by atoms with Crippen molar-refractivity contribution in [2.24, 2.45) is 5.73 Å². The van der Waals surface area contributed by atoms with Gasteiger partial charge in [-0.25, -0.2) is 4.79 Å². The molecule has 0 radical (unpaired) electrons. The summed E-state index contributed by atoms with van der Waals surface area (Å²) in [5.41, 5.74) is 7.43. The summed E-state index contributed by atoms with van der Waals surface area (Å²) in [5.74, 6) is -2.27. The van der Waals surface area contributed by atoms with Crippen molar-refractivity contribution >= 4 is 17.8 Å². The molecule has 2 aromatic rings. The minimum atomic E-state index is -1.20. The second-order valence-electron chi connectivity index (χ2n) is 6.80. The number of carboxylic acid groups (broad SMARTS) is 1. The zero-order valence-corrected chi connectivity index (χ0v) is 16.0. The zero-order chi connectivity index (χ0) is 21.4. The highest BCUT2D eigenvalue weighted by Crippen LogP contribution is 2.11. The van der Waals surface area contributed by atoms with Gasteiger partial charge in [0, 0.05) is 6.42 Å². The van der Waals surface area contributed by atoms with E-state index in [1.165, 1.54) is 19.1 Å². The fourth-order valence-corrected chi connectivity index (χ4v) is 2.71. The molecule has 0 unspecified atom stereocenters. The maximum Gasteiger partial charge on any atom is 0.326 e. The summed E-state index contributed by atoms with van der Waals surface area (Å²) < 4.78 is 0. The van der Waals surface area contributed by atoms with Gasteiger partial charge in [0.05, 0.1) is 6.04 Å². The van der Waals surface area contributed by atoms with Gasteiger partial charge in [0.2, 0.25) is 11.8 Å². The van der Waals surface area contributed by atoms with Gasteiger partial charge in [0.25, 0.3) is 0 Å². The Morgan fingerprint density at radius 2 is 1.48 bits per heavy atom. The van der Waals surface area contributed by atoms with E-state index in [2.05, 4.69) is 10.6 Å². The number of nitrogens with two attached hydrogens (primary N) is 1. The Kier molecular flexibility index (Phi) is 7.73. The standard InChI is InChI=1S/C21H25N3O5/c1-13(23-20(27)17(22)11-14-5-3-2-4-6-14)19(26)24-18(21(28)29)12-15-7-9-16(25)10-8-15/h2-10,13,17-18,25H,11-12,22H2,1H3,(H,23,27)(H,24,26)(H,28,29)/t13-,17-,18-/m0/s1. The molecular weight excluding hydrogens is 374 g/mol. The van der Waals surface area contributed by atoms with Crippen LogP contribution in [0.3, 0.4) is 0 Å². The van der Waals surface area contributed by atoms with Crippen LogP contribution in [0.15, 0.2) is 54.6 Å². The molecule has 0 aliphatic carbocycles. The Bertz CT molecular complexity index is 839. The number of phenolic OH excluding ortho intramolecular Hbond substituents is 1. The van der Waals surface area contributed by atoms with Gasteiger partial charge in [-0.05, 0) is 36.6 Å². The quantitative estimate of drug-likeness (QED) is 0.418. The fourth-order valence-electron chi connectivity index (χ4n) is 2.71. The number of phenols is 1. The lowest BCUT2D eigenvalue weighted by Gasteiger charge is -2.20. The van der Waals surface area contributed by atoms with E-state index >= 15 is 0 Å². The van der Waals surface area contributed by atoms with E-state index in [-0.39, 0.29) is 12.2 Å². The molecule has 0 fully saturated rings. The molecule has 2 amide bonds. The summed E-state index contributed by atoms with van der Waals surface area (Å²) in [6.45, 7) is 1.46. The Morgan fingerprint density at radius 3 is 2.07 bits per heavy atom. The molecular formula is C21H25N3O5. The molecule has 0 aliphatic heterocycles. The number of hydrogen-bond acceptors (Lipinski definition) is 5. The van der Waals surface area contributed by atoms with Gasteiger partial charge in [-0.15, -0.1) is 0 Å². The minimum Gasteiger partial charge on any atom is -0.508 e. The monoisotopic (exact) mass is 399 g/mol. The maximum atomic E-state index is 12.3. The van der Waals surface area contributed by atoms with Gasteiger partial charge in [0.15, 0.2) is 0 Å². The van der Waals surface area contributed by atoms with Crippen molar-refractivity contribution in [1.29, 1.82) is 0 Å². The number of carbonyl (C=O) groups excluding carboxylic acids is 2. The highest BCUT2D eigenvalue weighted by Gasteiger charge is 2.25. The molecule has 0 aromatic heterocycles. The predicted molar refractivity (Wildman–Crippen MR) is 107 cm³/mol. The average Bonchev–Trinajstić information content (AvgIpc) is 2.69. The topological polar surface area (TPSA) is 142 Å². The van der Waals surface area contributed by atoms with E-state index in [0.717, 1.165) is 5.56 Å². The number of carboxylic acids is 1. The smallest absolute Gasteiger partial charge is 0.326 e. The highest BCUT2D eigenvalue weighted by molar-refractivity contribution is 5.91. The first kappa shape index (κ1) is 21.9. The molecule has 0 aliphatic rings. The van der Waals surface area contributed by atoms with Crippen LogP contribution in [0.5, 0.6) is 5.75 Å². The van der Waals surface area contributed by atoms with Crippen LogP contribution in [-0.2, 0) is 27.2 Å². The molecule has 3 atom stereocenters. The number of aromatic hydroxyl groups is 1. The van der Waals surface area contributed by atoms with Crippen LogP contribution in [0.25, 0.3) is 0 Å². The lowest BCUT2D eigenvalue weighted by atomic mass is 10.0. The number of carbonyl (C=O) groups is 3. The molecule has 0 saturated heterocycles. The van der Waals surface area contributed by atoms with Crippen molar-refractivity contribution < 1.29 is 24.6 Å². The fraction of sp³-hybridized carbons (Fsp3) is 0.286. The SMILES string of the molecule is C[C@H](NC(=O)[C@@H](N)Cc1ccccc1)C(=O)N[C@@H](Cc1ccc(O)cc1)C(=O)O. The predicted octanol–water partition coefficient (Wildman–Crippen LogP) is 0.579. The first-order valence-corrected chi connectivity index (χ1v) is 9.17. The zero-order valence-electron chi connectivity index (χ0n) is 16.0. The first-order chi connectivity index (χ1) is 13.8. The van der Waals surface area contributed by atoms with Gasteiger partial charge in [-0.3, -0.25) is 9.59 Å². The number of hydrogen-bond donors (Lipinski definition) is 5. The molecule has 8 nitrogen and oxygen atoms in total. The average molecular weight is 399 g/mol. The van der Waals surface area contributed by atoms with E-state index in [4.69, 9.17) is 5.73 Å². The Balaban J connectivity index is 1.90. The van der Waals surface area contributed by atoms with Crippen LogP contribution in [0.2, 0.25) is 0 Å². The third kappa shape index (κ3) is 6.93. The van der Waals surface area contributed by atoms with Crippen molar-refractivity contribution in [2.75, 3.05) is 0 Å². The number of benzene rings is 2. The molecule has 154 valence electrons. The Labute approximate surface area is 168 Å². The molecule has 2 aromatic carbocycles. The minimum absolute atomic E-state index is 0.0372. The van der Waals surface area contributed by atoms with Crippen molar-refractivity contribution in [2.45, 2.75) is 37.9 Å². The normalized spacial score (nSPS) is 13.7. The number of amides is 2. The first-order valence-electron chi connectivity index (χ1n) is 9.17. The van der Waals surface area contributed by atoms with Gasteiger partial charge in [-0.1, -0.05) is 42.5 Å². The van der Waals surface area contributed by atoms with Gasteiger partial charge in [-0.2, -0.15) is 0 Å². The number of nitrogens with one attached hydrogen (secondary N) is 2. The van der Waals surface area contributed by atoms with E-state index in [9.17, 15) is 24.6 Å². The summed E-state index contributed by atoms with van der Waals surface area (Å²) in [6.07, 6.45) is 0.356. The van der Waals surface area contributed by atoms with Crippen LogP contribution in [-0.4, -0.2) is 46.1 Å². The van der Waals surface area contributed by atoms with Crippen LogP contribution in [0.4, 0.5) is 0 Å². The Hall–Kier alpha value is -3.39. The molecule has 0 heterocycles. The molecule has 8 heteroatoms. The van der Waals surface area contributed by atoms with Crippen LogP contribution < -0.4 is 16.4 Å². The summed E-state index contributed by atoms with van der Waals surface area (Å²) in [7, 11) is 0. The molecule has 0 bridgehead atoms. The van der Waals surface area contributed by atoms with E-state index in [1.807, 2.05) is 30.3 Å². The highest BCUT2D eigenvalue weighted by atomic mass is 16.4. The summed E-state index contributed by atoms with van der Waals surface area (Å²) in [6, 6.07) is 12.3. The van der Waals surface area contributed by atoms with Gasteiger partial charge >= 0.3 is 5.97 Å². The second-order valence-corrected chi connectivity index (χ2v) is 6.80. The van der Waals surface area contributed by atoms with Crippen molar-refractivity contribution in [1.82, 2.24) is 10.6 Å². The largest absolute Gasteiger partial charge is 0.508 e. The van der Waals surface area contributed by atoms with Crippen molar-refractivity contribution in [3.8, 4) is 5.75 Å². The van der Waals surface area contributed by atoms with Gasteiger partial charge in [0.1, 0.15) is 17.8 Å². The lowest BCUT2D eigenvalue weighted by molar-refractivity contribution is -0.142. The van der Waals surface area contributed by atoms with Crippen molar-refractivity contribution in [3.05, 3.63) is 65.7 Å². The summed E-state index contributed by atoms with van der Waals surface area (Å²) in [4.78, 5) is 36.1. The molecule has 6 N–H and O–H groups in total. The third-order valence-corrected chi connectivity index (χ3v) is 4.38. The lowest BCUT2D eigenvalue weighted by Crippen LogP contribution is -2.54. The number of rotatable bonds is 9. The van der Waals surface area contributed by atoms with Gasteiger partial charge < -0.3 is 26.6 Å². The number of aliphatic carboxylic acids is 1. The van der Waals surface area contributed by atoms with E-state index in [0.29, 0.717) is 12.0 Å². The van der Waals surface area contributed by atoms with Crippen LogP contribution in [0.1, 0.15) is 18.1 Å².